The van der Waals surface area contributed by atoms with Gasteiger partial charge in [-0.2, -0.15) is 0 Å². The maximum Gasteiger partial charge on any atom is 0.0722 e. The molecule has 0 saturated carbocycles. The Morgan fingerprint density at radius 3 is 2.11 bits per heavy atom. The molecular weight excluding hydrogens is 334 g/mol. The molecule has 0 N–H and O–H groups in total. The van der Waals surface area contributed by atoms with E-state index >= 15 is 0 Å². The van der Waals surface area contributed by atoms with Crippen molar-refractivity contribution in [3.8, 4) is 11.3 Å². The van der Waals surface area contributed by atoms with Crippen LogP contribution in [0.15, 0.2) is 84.9 Å². The zero-order valence-electron chi connectivity index (χ0n) is 14.5. The van der Waals surface area contributed by atoms with Gasteiger partial charge < -0.3 is 9.90 Å². The van der Waals surface area contributed by atoms with Crippen molar-refractivity contribution in [2.24, 2.45) is 0 Å². The summed E-state index contributed by atoms with van der Waals surface area (Å²) >= 11 is 0. The number of rotatable bonds is 4. The van der Waals surface area contributed by atoms with E-state index in [-0.39, 0.29) is 5.56 Å². The number of pyridine rings is 1. The molecule has 0 bridgehead atoms. The van der Waals surface area contributed by atoms with Crippen molar-refractivity contribution in [3.05, 3.63) is 102 Å². The van der Waals surface area contributed by atoms with E-state index in [9.17, 15) is 9.90 Å². The number of carbonyl (C=O) groups excluding carboxylic acids is 1. The van der Waals surface area contributed by atoms with Gasteiger partial charge in [0.15, 0.2) is 0 Å². The van der Waals surface area contributed by atoms with Crippen LogP contribution in [-0.4, -0.2) is 11.0 Å². The van der Waals surface area contributed by atoms with E-state index < -0.39 is 5.97 Å². The lowest BCUT2D eigenvalue weighted by atomic mass is 10.0. The number of carboxylic acid groups (broad SMARTS) is 1. The largest absolute Gasteiger partial charge is 0.545 e. The van der Waals surface area contributed by atoms with Crippen molar-refractivity contribution in [1.82, 2.24) is 4.98 Å². The molecule has 0 amide bonds. The molecule has 0 aliphatic carbocycles. The maximum atomic E-state index is 11.5. The zero-order chi connectivity index (χ0) is 18.6. The summed E-state index contributed by atoms with van der Waals surface area (Å²) in [4.78, 5) is 16.1. The second kappa shape index (κ2) is 7.26. The minimum atomic E-state index is -1.20. The van der Waals surface area contributed by atoms with Gasteiger partial charge in [-0.1, -0.05) is 84.9 Å². The molecule has 1 heterocycles. The molecule has 4 aromatic rings. The third-order valence-corrected chi connectivity index (χ3v) is 4.41. The maximum absolute atomic E-state index is 11.5. The van der Waals surface area contributed by atoms with Crippen LogP contribution in [0.2, 0.25) is 0 Å². The molecule has 1 aromatic heterocycles. The quantitative estimate of drug-likeness (QED) is 0.512. The van der Waals surface area contributed by atoms with Gasteiger partial charge in [0.2, 0.25) is 0 Å². The number of para-hydroxylation sites is 1. The number of fused-ring (bicyclic) bond motifs is 1. The number of carbonyl (C=O) groups is 1. The van der Waals surface area contributed by atoms with Crippen molar-refractivity contribution in [3.63, 3.8) is 0 Å². The Hall–Kier alpha value is -3.72. The molecule has 0 saturated heterocycles. The first-order valence-electron chi connectivity index (χ1n) is 8.65. The Morgan fingerprint density at radius 1 is 0.778 bits per heavy atom. The second-order valence-corrected chi connectivity index (χ2v) is 6.23. The van der Waals surface area contributed by atoms with Crippen LogP contribution in [0.4, 0.5) is 0 Å². The van der Waals surface area contributed by atoms with Crippen molar-refractivity contribution >= 4 is 29.0 Å². The topological polar surface area (TPSA) is 53.0 Å². The summed E-state index contributed by atoms with van der Waals surface area (Å²) in [6, 6.07) is 26.7. The smallest absolute Gasteiger partial charge is 0.0722 e. The van der Waals surface area contributed by atoms with E-state index in [1.54, 1.807) is 18.2 Å². The Kier molecular flexibility index (Phi) is 4.50. The molecule has 0 radical (unpaired) electrons. The van der Waals surface area contributed by atoms with Gasteiger partial charge in [0.05, 0.1) is 17.2 Å². The summed E-state index contributed by atoms with van der Waals surface area (Å²) in [5.41, 5.74) is 4.47. The average Bonchev–Trinajstić information content (AvgIpc) is 2.72. The highest BCUT2D eigenvalue weighted by atomic mass is 16.4. The molecule has 3 aromatic carbocycles. The molecule has 3 heteroatoms. The first-order chi connectivity index (χ1) is 13.2. The standard InChI is InChI=1S/C24H17NO2/c26-24(27)21-16-23(25-22-9-5-4-8-20(21)22)19-14-12-18(13-15-19)11-10-17-6-2-1-3-7-17/h1-16H,(H,26,27)/p-1/b11-10+. The average molecular weight is 350 g/mol. The fraction of sp³-hybridized carbons (Fsp3) is 0. The Balaban J connectivity index is 1.68. The summed E-state index contributed by atoms with van der Waals surface area (Å²) in [7, 11) is 0. The zero-order valence-corrected chi connectivity index (χ0v) is 14.5. The van der Waals surface area contributed by atoms with Crippen LogP contribution in [-0.2, 0) is 0 Å². The summed E-state index contributed by atoms with van der Waals surface area (Å²) in [6.07, 6.45) is 4.09. The Morgan fingerprint density at radius 2 is 1.41 bits per heavy atom. The van der Waals surface area contributed by atoms with Crippen LogP contribution in [0, 0.1) is 0 Å². The number of aromatic carboxylic acids is 1. The van der Waals surface area contributed by atoms with E-state index in [4.69, 9.17) is 0 Å². The monoisotopic (exact) mass is 350 g/mol. The minimum absolute atomic E-state index is 0.156. The SMILES string of the molecule is O=C([O-])c1cc(-c2ccc(/C=C/c3ccccc3)cc2)nc2ccccc12. The van der Waals surface area contributed by atoms with E-state index in [1.165, 1.54) is 0 Å². The molecular formula is C24H16NO2-. The molecule has 0 spiro atoms. The summed E-state index contributed by atoms with van der Waals surface area (Å²) < 4.78 is 0. The Bertz CT molecular complexity index is 1130. The van der Waals surface area contributed by atoms with E-state index in [0.29, 0.717) is 16.6 Å². The third-order valence-electron chi connectivity index (χ3n) is 4.41. The molecule has 4 rings (SSSR count). The molecule has 3 nitrogen and oxygen atoms in total. The van der Waals surface area contributed by atoms with Gasteiger partial charge in [-0.25, -0.2) is 4.98 Å². The lowest BCUT2D eigenvalue weighted by molar-refractivity contribution is -0.254. The van der Waals surface area contributed by atoms with Gasteiger partial charge >= 0.3 is 0 Å². The van der Waals surface area contributed by atoms with E-state index in [2.05, 4.69) is 11.1 Å². The third kappa shape index (κ3) is 3.62. The number of carboxylic acids is 1. The van der Waals surface area contributed by atoms with Gasteiger partial charge in [0.1, 0.15) is 0 Å². The van der Waals surface area contributed by atoms with Crippen LogP contribution < -0.4 is 5.11 Å². The highest BCUT2D eigenvalue weighted by Crippen LogP contribution is 2.25. The molecule has 0 atom stereocenters. The van der Waals surface area contributed by atoms with Crippen LogP contribution in [0.1, 0.15) is 21.5 Å². The number of hydrogen-bond acceptors (Lipinski definition) is 3. The summed E-state index contributed by atoms with van der Waals surface area (Å²) in [5.74, 6) is -1.20. The summed E-state index contributed by atoms with van der Waals surface area (Å²) in [6.45, 7) is 0. The van der Waals surface area contributed by atoms with E-state index in [0.717, 1.165) is 16.7 Å². The highest BCUT2D eigenvalue weighted by Gasteiger charge is 2.08. The molecule has 0 aliphatic heterocycles. The first-order valence-corrected chi connectivity index (χ1v) is 8.65. The normalized spacial score (nSPS) is 11.1. The number of benzene rings is 3. The molecule has 0 aliphatic rings. The molecule has 0 unspecified atom stereocenters. The van der Waals surface area contributed by atoms with Crippen LogP contribution in [0.25, 0.3) is 34.3 Å². The molecule has 0 fully saturated rings. The van der Waals surface area contributed by atoms with Crippen molar-refractivity contribution in [2.75, 3.05) is 0 Å². The highest BCUT2D eigenvalue weighted by molar-refractivity contribution is 6.02. The van der Waals surface area contributed by atoms with Crippen molar-refractivity contribution in [2.45, 2.75) is 0 Å². The summed E-state index contributed by atoms with van der Waals surface area (Å²) in [5, 5.41) is 12.1. The molecule has 130 valence electrons. The lowest BCUT2D eigenvalue weighted by Gasteiger charge is -2.10. The molecule has 27 heavy (non-hydrogen) atoms. The van der Waals surface area contributed by atoms with E-state index in [1.807, 2.05) is 72.8 Å². The van der Waals surface area contributed by atoms with Crippen LogP contribution >= 0.6 is 0 Å². The van der Waals surface area contributed by atoms with Crippen LogP contribution in [0.5, 0.6) is 0 Å². The number of aromatic nitrogens is 1. The second-order valence-electron chi connectivity index (χ2n) is 6.23. The predicted molar refractivity (Wildman–Crippen MR) is 107 cm³/mol. The van der Waals surface area contributed by atoms with Crippen LogP contribution in [0.3, 0.4) is 0 Å². The lowest BCUT2D eigenvalue weighted by Crippen LogP contribution is -2.22. The van der Waals surface area contributed by atoms with Gasteiger partial charge in [-0.3, -0.25) is 0 Å². The predicted octanol–water partition coefficient (Wildman–Crippen LogP) is 4.44. The van der Waals surface area contributed by atoms with Crippen molar-refractivity contribution < 1.29 is 9.90 Å². The minimum Gasteiger partial charge on any atom is -0.545 e. The fourth-order valence-electron chi connectivity index (χ4n) is 3.01. The number of hydrogen-bond donors (Lipinski definition) is 0. The van der Waals surface area contributed by atoms with Gasteiger partial charge in [-0.15, -0.1) is 0 Å². The van der Waals surface area contributed by atoms with Crippen molar-refractivity contribution in [1.29, 1.82) is 0 Å². The first kappa shape index (κ1) is 16.7. The van der Waals surface area contributed by atoms with Gasteiger partial charge in [0.25, 0.3) is 0 Å². The van der Waals surface area contributed by atoms with Gasteiger partial charge in [0, 0.05) is 16.5 Å². The fourth-order valence-corrected chi connectivity index (χ4v) is 3.01. The number of nitrogens with zero attached hydrogens (tertiary/aromatic N) is 1. The van der Waals surface area contributed by atoms with Gasteiger partial charge in [-0.05, 0) is 23.3 Å². The Labute approximate surface area is 157 Å².